The SMILES string of the molecule is Cc1ccc(F)cc1/C(=C\C(C)C)CC=O. The van der Waals surface area contributed by atoms with E-state index in [9.17, 15) is 9.18 Å². The Kier molecular flexibility index (Phi) is 4.41. The number of halogens is 1. The fourth-order valence-electron chi connectivity index (χ4n) is 1.70. The van der Waals surface area contributed by atoms with Crippen LogP contribution in [0.5, 0.6) is 0 Å². The van der Waals surface area contributed by atoms with E-state index in [0.717, 1.165) is 23.0 Å². The quantitative estimate of drug-likeness (QED) is 0.706. The molecule has 1 aromatic carbocycles. The molecule has 0 saturated carbocycles. The molecule has 0 bridgehead atoms. The molecule has 0 amide bonds. The average Bonchev–Trinajstić information content (AvgIpc) is 2.20. The minimum Gasteiger partial charge on any atom is -0.303 e. The fraction of sp³-hybridized carbons (Fsp3) is 0.357. The van der Waals surface area contributed by atoms with Crippen LogP contribution in [0.2, 0.25) is 0 Å². The summed E-state index contributed by atoms with van der Waals surface area (Å²) in [6.45, 7) is 6.01. The highest BCUT2D eigenvalue weighted by Gasteiger charge is 2.07. The Balaban J connectivity index is 3.19. The summed E-state index contributed by atoms with van der Waals surface area (Å²) < 4.78 is 13.2. The van der Waals surface area contributed by atoms with Crippen LogP contribution in [-0.2, 0) is 4.79 Å². The number of allylic oxidation sites excluding steroid dienone is 2. The molecule has 1 aromatic rings. The van der Waals surface area contributed by atoms with Gasteiger partial charge in [-0.2, -0.15) is 0 Å². The first-order valence-corrected chi connectivity index (χ1v) is 5.45. The standard InChI is InChI=1S/C14H17FO/c1-10(2)8-12(6-7-16)14-9-13(15)5-4-11(14)3/h4-5,7-10H,6H2,1-3H3/b12-8-. The van der Waals surface area contributed by atoms with Crippen LogP contribution < -0.4 is 0 Å². The molecule has 0 radical (unpaired) electrons. The summed E-state index contributed by atoms with van der Waals surface area (Å²) >= 11 is 0. The molecule has 0 aliphatic heterocycles. The van der Waals surface area contributed by atoms with Crippen molar-refractivity contribution in [2.24, 2.45) is 5.92 Å². The van der Waals surface area contributed by atoms with E-state index < -0.39 is 0 Å². The second kappa shape index (κ2) is 5.59. The van der Waals surface area contributed by atoms with E-state index in [1.54, 1.807) is 6.07 Å². The lowest BCUT2D eigenvalue weighted by Gasteiger charge is -2.10. The van der Waals surface area contributed by atoms with Crippen LogP contribution >= 0.6 is 0 Å². The van der Waals surface area contributed by atoms with Gasteiger partial charge in [0.25, 0.3) is 0 Å². The van der Waals surface area contributed by atoms with Crippen molar-refractivity contribution in [3.63, 3.8) is 0 Å². The van der Waals surface area contributed by atoms with Crippen molar-refractivity contribution in [2.75, 3.05) is 0 Å². The number of carbonyl (C=O) groups is 1. The molecule has 16 heavy (non-hydrogen) atoms. The Morgan fingerprint density at radius 2 is 2.12 bits per heavy atom. The van der Waals surface area contributed by atoms with Gasteiger partial charge in [-0.25, -0.2) is 4.39 Å². The second-order valence-corrected chi connectivity index (χ2v) is 4.27. The monoisotopic (exact) mass is 220 g/mol. The number of hydrogen-bond donors (Lipinski definition) is 0. The summed E-state index contributed by atoms with van der Waals surface area (Å²) in [6, 6.07) is 4.67. The molecule has 0 saturated heterocycles. The number of rotatable bonds is 4. The van der Waals surface area contributed by atoms with Crippen molar-refractivity contribution in [2.45, 2.75) is 27.2 Å². The van der Waals surface area contributed by atoms with Gasteiger partial charge in [0.05, 0.1) is 0 Å². The number of carbonyl (C=O) groups excluding carboxylic acids is 1. The lowest BCUT2D eigenvalue weighted by atomic mass is 9.95. The molecule has 1 rings (SSSR count). The molecule has 86 valence electrons. The second-order valence-electron chi connectivity index (χ2n) is 4.27. The zero-order chi connectivity index (χ0) is 12.1. The van der Waals surface area contributed by atoms with E-state index in [4.69, 9.17) is 0 Å². The van der Waals surface area contributed by atoms with Gasteiger partial charge in [-0.05, 0) is 41.7 Å². The summed E-state index contributed by atoms with van der Waals surface area (Å²) in [4.78, 5) is 10.6. The zero-order valence-electron chi connectivity index (χ0n) is 9.96. The van der Waals surface area contributed by atoms with Gasteiger partial charge in [0.1, 0.15) is 12.1 Å². The third kappa shape index (κ3) is 3.30. The molecule has 0 aromatic heterocycles. The molecule has 0 fully saturated rings. The Hall–Kier alpha value is -1.44. The molecule has 0 atom stereocenters. The van der Waals surface area contributed by atoms with E-state index in [0.29, 0.717) is 12.3 Å². The highest BCUT2D eigenvalue weighted by Crippen LogP contribution is 2.23. The number of benzene rings is 1. The molecule has 0 unspecified atom stereocenters. The molecule has 2 heteroatoms. The van der Waals surface area contributed by atoms with E-state index in [1.165, 1.54) is 12.1 Å². The summed E-state index contributed by atoms with van der Waals surface area (Å²) in [5, 5.41) is 0. The van der Waals surface area contributed by atoms with Gasteiger partial charge >= 0.3 is 0 Å². The fourth-order valence-corrected chi connectivity index (χ4v) is 1.70. The summed E-state index contributed by atoms with van der Waals surface area (Å²) in [7, 11) is 0. The summed E-state index contributed by atoms with van der Waals surface area (Å²) in [5.41, 5.74) is 2.73. The first kappa shape index (κ1) is 12.6. The zero-order valence-corrected chi connectivity index (χ0v) is 9.96. The summed E-state index contributed by atoms with van der Waals surface area (Å²) in [6.07, 6.45) is 3.21. The van der Waals surface area contributed by atoms with Crippen molar-refractivity contribution >= 4 is 11.9 Å². The minimum absolute atomic E-state index is 0.263. The Bertz CT molecular complexity index is 405. The Labute approximate surface area is 96.0 Å². The number of aldehydes is 1. The predicted octanol–water partition coefficient (Wildman–Crippen LogP) is 3.76. The van der Waals surface area contributed by atoms with E-state index >= 15 is 0 Å². The van der Waals surface area contributed by atoms with Crippen molar-refractivity contribution in [3.05, 3.63) is 41.2 Å². The van der Waals surface area contributed by atoms with Gasteiger partial charge in [-0.1, -0.05) is 26.0 Å². The van der Waals surface area contributed by atoms with E-state index in [2.05, 4.69) is 0 Å². The van der Waals surface area contributed by atoms with Crippen LogP contribution in [0.3, 0.4) is 0 Å². The minimum atomic E-state index is -0.263. The molecule has 0 spiro atoms. The topological polar surface area (TPSA) is 17.1 Å². The molecule has 0 aliphatic carbocycles. The molecule has 0 N–H and O–H groups in total. The van der Waals surface area contributed by atoms with Crippen molar-refractivity contribution in [3.8, 4) is 0 Å². The van der Waals surface area contributed by atoms with Crippen molar-refractivity contribution in [1.29, 1.82) is 0 Å². The Morgan fingerprint density at radius 1 is 1.44 bits per heavy atom. The molecular formula is C14H17FO. The highest BCUT2D eigenvalue weighted by molar-refractivity contribution is 5.78. The summed E-state index contributed by atoms with van der Waals surface area (Å²) in [5.74, 6) is 0.0822. The largest absolute Gasteiger partial charge is 0.303 e. The first-order valence-electron chi connectivity index (χ1n) is 5.45. The first-order chi connectivity index (χ1) is 7.54. The third-order valence-corrected chi connectivity index (χ3v) is 2.38. The van der Waals surface area contributed by atoms with Crippen molar-refractivity contribution in [1.82, 2.24) is 0 Å². The van der Waals surface area contributed by atoms with E-state index in [1.807, 2.05) is 26.8 Å². The van der Waals surface area contributed by atoms with Crippen molar-refractivity contribution < 1.29 is 9.18 Å². The third-order valence-electron chi connectivity index (χ3n) is 2.38. The Morgan fingerprint density at radius 3 is 2.69 bits per heavy atom. The van der Waals surface area contributed by atoms with E-state index in [-0.39, 0.29) is 5.82 Å². The normalized spacial score (nSPS) is 11.9. The lowest BCUT2D eigenvalue weighted by Crippen LogP contribution is -1.94. The maximum atomic E-state index is 13.2. The number of aryl methyl sites for hydroxylation is 1. The average molecular weight is 220 g/mol. The molecule has 0 aliphatic rings. The van der Waals surface area contributed by atoms with Crippen LogP contribution in [0.4, 0.5) is 4.39 Å². The van der Waals surface area contributed by atoms with Gasteiger partial charge in [0, 0.05) is 6.42 Å². The number of hydrogen-bond acceptors (Lipinski definition) is 1. The lowest BCUT2D eigenvalue weighted by molar-refractivity contribution is -0.107. The predicted molar refractivity (Wildman–Crippen MR) is 64.6 cm³/mol. The van der Waals surface area contributed by atoms with Gasteiger partial charge < -0.3 is 4.79 Å². The highest BCUT2D eigenvalue weighted by atomic mass is 19.1. The van der Waals surface area contributed by atoms with Gasteiger partial charge in [0.2, 0.25) is 0 Å². The van der Waals surface area contributed by atoms with Crippen LogP contribution in [-0.4, -0.2) is 6.29 Å². The van der Waals surface area contributed by atoms with Gasteiger partial charge in [-0.3, -0.25) is 0 Å². The van der Waals surface area contributed by atoms with Crippen LogP contribution in [0.15, 0.2) is 24.3 Å². The van der Waals surface area contributed by atoms with Crippen LogP contribution in [0.1, 0.15) is 31.4 Å². The molecule has 1 nitrogen and oxygen atoms in total. The van der Waals surface area contributed by atoms with Gasteiger partial charge in [-0.15, -0.1) is 0 Å². The maximum absolute atomic E-state index is 13.2. The van der Waals surface area contributed by atoms with Crippen LogP contribution in [0.25, 0.3) is 5.57 Å². The van der Waals surface area contributed by atoms with Crippen LogP contribution in [0, 0.1) is 18.7 Å². The van der Waals surface area contributed by atoms with Gasteiger partial charge in [0.15, 0.2) is 0 Å². The molecule has 0 heterocycles. The smallest absolute Gasteiger partial charge is 0.124 e. The maximum Gasteiger partial charge on any atom is 0.124 e. The molecular weight excluding hydrogens is 203 g/mol.